The molecule has 2 aromatic heterocycles. The highest BCUT2D eigenvalue weighted by molar-refractivity contribution is 7.99. The first-order chi connectivity index (χ1) is 15.6. The van der Waals surface area contributed by atoms with Crippen molar-refractivity contribution in [2.24, 2.45) is 0 Å². The van der Waals surface area contributed by atoms with Gasteiger partial charge in [-0.3, -0.25) is 9.69 Å². The van der Waals surface area contributed by atoms with Crippen molar-refractivity contribution in [3.63, 3.8) is 0 Å². The number of thioether (sulfide) groups is 1. The Labute approximate surface area is 196 Å². The zero-order chi connectivity index (χ0) is 22.1. The maximum Gasteiger partial charge on any atom is 0.255 e. The second-order valence-corrected chi connectivity index (χ2v) is 9.95. The number of carbonyl (C=O) groups excluding carboxylic acids is 1. The summed E-state index contributed by atoms with van der Waals surface area (Å²) in [7, 11) is 0. The molecule has 2 aliphatic rings. The zero-order valence-electron chi connectivity index (χ0n) is 17.9. The van der Waals surface area contributed by atoms with Crippen LogP contribution in [-0.2, 0) is 6.54 Å². The molecular weight excluding hydrogens is 444 g/mol. The molecular formula is C24H25ClN4O2S. The molecule has 166 valence electrons. The number of hydrogen-bond donors (Lipinski definition) is 1. The van der Waals surface area contributed by atoms with E-state index in [-0.39, 0.29) is 5.91 Å². The monoisotopic (exact) mass is 468 g/mol. The summed E-state index contributed by atoms with van der Waals surface area (Å²) in [5.41, 5.74) is 3.88. The second-order valence-electron chi connectivity index (χ2n) is 8.32. The van der Waals surface area contributed by atoms with Crippen LogP contribution in [-0.4, -0.2) is 45.4 Å². The molecule has 1 N–H and O–H groups in total. The Morgan fingerprint density at radius 1 is 1.25 bits per heavy atom. The number of aromatic nitrogens is 2. The Morgan fingerprint density at radius 2 is 2.06 bits per heavy atom. The minimum atomic E-state index is -0.186. The Hall–Kier alpha value is -2.35. The van der Waals surface area contributed by atoms with Crippen LogP contribution in [0.2, 0.25) is 5.02 Å². The Bertz CT molecular complexity index is 1120. The fourth-order valence-electron chi connectivity index (χ4n) is 3.89. The average molecular weight is 469 g/mol. The van der Waals surface area contributed by atoms with Gasteiger partial charge in [-0.1, -0.05) is 11.6 Å². The van der Waals surface area contributed by atoms with Crippen LogP contribution in [0.4, 0.5) is 5.69 Å². The molecule has 2 fully saturated rings. The van der Waals surface area contributed by atoms with E-state index in [9.17, 15) is 4.79 Å². The molecule has 0 bridgehead atoms. The lowest BCUT2D eigenvalue weighted by molar-refractivity contribution is 0.102. The largest absolute Gasteiger partial charge is 0.440 e. The molecule has 6 nitrogen and oxygen atoms in total. The summed E-state index contributed by atoms with van der Waals surface area (Å²) >= 11 is 8.38. The smallest absolute Gasteiger partial charge is 0.255 e. The first-order valence-corrected chi connectivity index (χ1v) is 12.4. The normalized spacial score (nSPS) is 16.8. The topological polar surface area (TPSA) is 71.3 Å². The quantitative estimate of drug-likeness (QED) is 0.524. The van der Waals surface area contributed by atoms with Crippen LogP contribution >= 0.6 is 23.4 Å². The number of carbonyl (C=O) groups is 1. The van der Waals surface area contributed by atoms with Crippen molar-refractivity contribution in [1.82, 2.24) is 14.9 Å². The minimum absolute atomic E-state index is 0.186. The lowest BCUT2D eigenvalue weighted by atomic mass is 10.1. The lowest BCUT2D eigenvalue weighted by Crippen LogP contribution is -2.32. The number of anilines is 1. The number of benzene rings is 1. The highest BCUT2D eigenvalue weighted by Gasteiger charge is 2.29. The summed E-state index contributed by atoms with van der Waals surface area (Å²) < 4.78 is 5.80. The highest BCUT2D eigenvalue weighted by Crippen LogP contribution is 2.42. The van der Waals surface area contributed by atoms with Crippen molar-refractivity contribution >= 4 is 35.0 Å². The van der Waals surface area contributed by atoms with Crippen LogP contribution < -0.4 is 5.32 Å². The number of hydrogen-bond acceptors (Lipinski definition) is 6. The van der Waals surface area contributed by atoms with Crippen LogP contribution in [0, 0.1) is 6.92 Å². The van der Waals surface area contributed by atoms with Gasteiger partial charge in [0.05, 0.1) is 17.6 Å². The number of halogens is 1. The maximum absolute atomic E-state index is 12.8. The maximum atomic E-state index is 12.8. The second kappa shape index (κ2) is 9.25. The average Bonchev–Trinajstić information content (AvgIpc) is 3.58. The van der Waals surface area contributed by atoms with Crippen LogP contribution in [0.3, 0.4) is 0 Å². The zero-order valence-corrected chi connectivity index (χ0v) is 19.5. The third-order valence-electron chi connectivity index (χ3n) is 5.84. The van der Waals surface area contributed by atoms with Gasteiger partial charge in [0.1, 0.15) is 11.5 Å². The molecule has 3 heterocycles. The fourth-order valence-corrected chi connectivity index (χ4v) is 5.04. The first kappa shape index (κ1) is 21.5. The van der Waals surface area contributed by atoms with E-state index in [1.54, 1.807) is 18.3 Å². The van der Waals surface area contributed by atoms with E-state index in [0.29, 0.717) is 33.8 Å². The van der Waals surface area contributed by atoms with Crippen molar-refractivity contribution in [3.05, 3.63) is 64.1 Å². The number of pyridine rings is 1. The number of nitrogens with one attached hydrogen (secondary N) is 1. The van der Waals surface area contributed by atoms with Crippen molar-refractivity contribution in [2.45, 2.75) is 32.2 Å². The summed E-state index contributed by atoms with van der Waals surface area (Å²) in [5.74, 6) is 4.01. The van der Waals surface area contributed by atoms with Crippen molar-refractivity contribution < 1.29 is 9.21 Å². The molecule has 8 heteroatoms. The van der Waals surface area contributed by atoms with E-state index in [4.69, 9.17) is 16.0 Å². The standard InChI is InChI=1S/C24H25ClN4O2S/c1-15-22(16-2-3-16)28-24(31-15)21-7-5-19(13-26-21)27-23(30)17-4-6-20(25)18(12-17)14-29-8-10-32-11-9-29/h4-7,12-13,16H,2-3,8-11,14H2,1H3,(H,27,30). The molecule has 0 spiro atoms. The van der Waals surface area contributed by atoms with E-state index in [1.165, 1.54) is 12.8 Å². The SMILES string of the molecule is Cc1oc(-c2ccc(NC(=O)c3ccc(Cl)c(CN4CCSCC4)c3)cn2)nc1C1CC1. The first-order valence-electron chi connectivity index (χ1n) is 10.9. The van der Waals surface area contributed by atoms with Gasteiger partial charge in [-0.2, -0.15) is 11.8 Å². The molecule has 1 amide bonds. The Balaban J connectivity index is 1.26. The lowest BCUT2D eigenvalue weighted by Gasteiger charge is -2.26. The van der Waals surface area contributed by atoms with Gasteiger partial charge in [-0.15, -0.1) is 0 Å². The molecule has 1 aliphatic heterocycles. The summed E-state index contributed by atoms with van der Waals surface area (Å²) in [6.07, 6.45) is 3.98. The van der Waals surface area contributed by atoms with E-state index < -0.39 is 0 Å². The predicted octanol–water partition coefficient (Wildman–Crippen LogP) is 5.38. The predicted molar refractivity (Wildman–Crippen MR) is 128 cm³/mol. The minimum Gasteiger partial charge on any atom is -0.440 e. The van der Waals surface area contributed by atoms with E-state index in [2.05, 4.69) is 20.2 Å². The van der Waals surface area contributed by atoms with Gasteiger partial charge in [-0.05, 0) is 55.7 Å². The third-order valence-corrected chi connectivity index (χ3v) is 7.15. The number of aryl methyl sites for hydroxylation is 1. The van der Waals surface area contributed by atoms with Crippen LogP contribution in [0.5, 0.6) is 0 Å². The Kier molecular flexibility index (Phi) is 6.22. The van der Waals surface area contributed by atoms with E-state index in [0.717, 1.165) is 48.2 Å². The summed E-state index contributed by atoms with van der Waals surface area (Å²) in [6.45, 7) is 4.79. The van der Waals surface area contributed by atoms with Gasteiger partial charge < -0.3 is 9.73 Å². The molecule has 0 radical (unpaired) electrons. The van der Waals surface area contributed by atoms with Crippen LogP contribution in [0.15, 0.2) is 40.9 Å². The fraction of sp³-hybridized carbons (Fsp3) is 0.375. The van der Waals surface area contributed by atoms with E-state index in [1.807, 2.05) is 36.9 Å². The van der Waals surface area contributed by atoms with Gasteiger partial charge in [0, 0.05) is 47.6 Å². The van der Waals surface area contributed by atoms with Gasteiger partial charge in [0.15, 0.2) is 0 Å². The molecule has 1 saturated heterocycles. The van der Waals surface area contributed by atoms with Gasteiger partial charge >= 0.3 is 0 Å². The molecule has 32 heavy (non-hydrogen) atoms. The molecule has 1 saturated carbocycles. The molecule has 1 aromatic carbocycles. The van der Waals surface area contributed by atoms with Crippen molar-refractivity contribution in [1.29, 1.82) is 0 Å². The summed E-state index contributed by atoms with van der Waals surface area (Å²) in [5, 5.41) is 3.61. The van der Waals surface area contributed by atoms with Crippen LogP contribution in [0.1, 0.15) is 46.1 Å². The van der Waals surface area contributed by atoms with Crippen LogP contribution in [0.25, 0.3) is 11.6 Å². The summed E-state index contributed by atoms with van der Waals surface area (Å²) in [6, 6.07) is 9.08. The van der Waals surface area contributed by atoms with Gasteiger partial charge in [0.25, 0.3) is 5.91 Å². The van der Waals surface area contributed by atoms with E-state index >= 15 is 0 Å². The van der Waals surface area contributed by atoms with Crippen molar-refractivity contribution in [2.75, 3.05) is 29.9 Å². The molecule has 0 unspecified atom stereocenters. The Morgan fingerprint density at radius 3 is 2.78 bits per heavy atom. The molecule has 3 aromatic rings. The molecule has 5 rings (SSSR count). The summed E-state index contributed by atoms with van der Waals surface area (Å²) in [4.78, 5) is 24.3. The number of rotatable bonds is 6. The van der Waals surface area contributed by atoms with Crippen molar-refractivity contribution in [3.8, 4) is 11.6 Å². The number of nitrogens with zero attached hydrogens (tertiary/aromatic N) is 3. The number of amides is 1. The molecule has 1 aliphatic carbocycles. The highest BCUT2D eigenvalue weighted by atomic mass is 35.5. The third kappa shape index (κ3) is 4.85. The van der Waals surface area contributed by atoms with Gasteiger partial charge in [0.2, 0.25) is 5.89 Å². The number of oxazole rings is 1. The molecule has 0 atom stereocenters. The van der Waals surface area contributed by atoms with Gasteiger partial charge in [-0.25, -0.2) is 9.97 Å².